The highest BCUT2D eigenvalue weighted by Gasteiger charge is 2.13. The van der Waals surface area contributed by atoms with Gasteiger partial charge in [0, 0.05) is 17.6 Å². The molecule has 0 atom stereocenters. The van der Waals surface area contributed by atoms with Crippen molar-refractivity contribution in [2.75, 3.05) is 11.4 Å². The van der Waals surface area contributed by atoms with Crippen molar-refractivity contribution in [2.45, 2.75) is 13.5 Å². The molecule has 0 aliphatic rings. The molecule has 0 saturated heterocycles. The maximum absolute atomic E-state index is 5.91. The van der Waals surface area contributed by atoms with Gasteiger partial charge in [-0.3, -0.25) is 4.68 Å². The third-order valence-corrected chi connectivity index (χ3v) is 4.38. The van der Waals surface area contributed by atoms with Crippen LogP contribution in [-0.2, 0) is 6.54 Å². The Kier molecular flexibility index (Phi) is 4.50. The number of halogens is 1. The minimum Gasteiger partial charge on any atom is -0.311 e. The third-order valence-electron chi connectivity index (χ3n) is 4.20. The fourth-order valence-electron chi connectivity index (χ4n) is 2.96. The second kappa shape index (κ2) is 7.09. The Morgan fingerprint density at radius 3 is 2.69 bits per heavy atom. The van der Waals surface area contributed by atoms with Crippen LogP contribution in [0.5, 0.6) is 0 Å². The molecule has 4 rings (SSSR count). The van der Waals surface area contributed by atoms with Gasteiger partial charge in [0.15, 0.2) is 0 Å². The number of benzene rings is 2. The smallest absolute Gasteiger partial charge is 0.234 e. The normalized spacial score (nSPS) is 11.0. The van der Waals surface area contributed by atoms with Crippen LogP contribution in [0.2, 0.25) is 5.28 Å². The highest BCUT2D eigenvalue weighted by molar-refractivity contribution is 6.28. The van der Waals surface area contributed by atoms with E-state index >= 15 is 0 Å². The summed E-state index contributed by atoms with van der Waals surface area (Å²) in [6.07, 6.45) is 3.31. The maximum Gasteiger partial charge on any atom is 0.234 e. The molecule has 2 aromatic heterocycles. The predicted molar refractivity (Wildman–Crippen MR) is 103 cm³/mol. The van der Waals surface area contributed by atoms with Gasteiger partial charge in [-0.2, -0.15) is 10.1 Å². The Hall–Kier alpha value is -2.99. The molecule has 0 spiro atoms. The number of nitrogens with zero attached hydrogens (tertiary/aromatic N) is 6. The zero-order chi connectivity index (χ0) is 17.9. The minimum atomic E-state index is 0.185. The van der Waals surface area contributed by atoms with Crippen molar-refractivity contribution in [2.24, 2.45) is 0 Å². The molecule has 6 nitrogen and oxygen atoms in total. The van der Waals surface area contributed by atoms with Crippen LogP contribution < -0.4 is 4.90 Å². The maximum atomic E-state index is 5.91. The summed E-state index contributed by atoms with van der Waals surface area (Å²) in [6.45, 7) is 3.50. The quantitative estimate of drug-likeness (QED) is 0.534. The van der Waals surface area contributed by atoms with E-state index in [1.165, 1.54) is 11.9 Å². The second-order valence-corrected chi connectivity index (χ2v) is 6.17. The monoisotopic (exact) mass is 364 g/mol. The molecule has 2 heterocycles. The standard InChI is InChI=1S/C19H17ClN6/c1-2-25(19-22-13-21-18(20)24-19)16-8-9-17-15(10-16)11-23-26(17)12-14-6-4-3-5-7-14/h3-11,13H,2,12H2,1H3. The van der Waals surface area contributed by atoms with Crippen molar-refractivity contribution in [3.05, 3.63) is 71.9 Å². The van der Waals surface area contributed by atoms with Gasteiger partial charge in [0.1, 0.15) is 6.33 Å². The minimum absolute atomic E-state index is 0.185. The van der Waals surface area contributed by atoms with Gasteiger partial charge in [-0.05, 0) is 42.3 Å². The molecule has 0 aliphatic heterocycles. The summed E-state index contributed by atoms with van der Waals surface area (Å²) >= 11 is 5.91. The Balaban J connectivity index is 1.68. The molecule has 7 heteroatoms. The van der Waals surface area contributed by atoms with Crippen LogP contribution >= 0.6 is 11.6 Å². The van der Waals surface area contributed by atoms with Crippen molar-refractivity contribution < 1.29 is 0 Å². The van der Waals surface area contributed by atoms with Gasteiger partial charge in [0.05, 0.1) is 18.3 Å². The molecule has 0 unspecified atom stereocenters. The van der Waals surface area contributed by atoms with Gasteiger partial charge in [-0.25, -0.2) is 9.97 Å². The molecule has 0 radical (unpaired) electrons. The summed E-state index contributed by atoms with van der Waals surface area (Å²) in [4.78, 5) is 14.3. The fraction of sp³-hybridized carbons (Fsp3) is 0.158. The van der Waals surface area contributed by atoms with E-state index in [0.717, 1.165) is 23.1 Å². The first-order valence-electron chi connectivity index (χ1n) is 8.36. The van der Waals surface area contributed by atoms with Crippen LogP contribution in [0.1, 0.15) is 12.5 Å². The first-order valence-corrected chi connectivity index (χ1v) is 8.74. The van der Waals surface area contributed by atoms with Gasteiger partial charge in [0.25, 0.3) is 0 Å². The first-order chi connectivity index (χ1) is 12.7. The van der Waals surface area contributed by atoms with Crippen molar-refractivity contribution in [3.8, 4) is 0 Å². The van der Waals surface area contributed by atoms with Gasteiger partial charge in [-0.15, -0.1) is 0 Å². The molecule has 0 bridgehead atoms. The van der Waals surface area contributed by atoms with E-state index in [0.29, 0.717) is 12.5 Å². The van der Waals surface area contributed by atoms with Crippen molar-refractivity contribution in [1.82, 2.24) is 24.7 Å². The highest BCUT2D eigenvalue weighted by atomic mass is 35.5. The summed E-state index contributed by atoms with van der Waals surface area (Å²) < 4.78 is 2.00. The van der Waals surface area contributed by atoms with Gasteiger partial charge < -0.3 is 4.90 Å². The summed E-state index contributed by atoms with van der Waals surface area (Å²) in [6, 6.07) is 16.5. The number of aromatic nitrogens is 5. The predicted octanol–water partition coefficient (Wildman–Crippen LogP) is 4.08. The molecule has 26 heavy (non-hydrogen) atoms. The lowest BCUT2D eigenvalue weighted by Gasteiger charge is -2.20. The number of anilines is 2. The number of fused-ring (bicyclic) bond motifs is 1. The summed E-state index contributed by atoms with van der Waals surface area (Å²) in [7, 11) is 0. The van der Waals surface area contributed by atoms with E-state index in [1.807, 2.05) is 47.0 Å². The molecular formula is C19H17ClN6. The lowest BCUT2D eigenvalue weighted by atomic mass is 10.2. The molecule has 0 N–H and O–H groups in total. The summed E-state index contributed by atoms with van der Waals surface area (Å²) in [5.41, 5.74) is 3.29. The Morgan fingerprint density at radius 1 is 1.08 bits per heavy atom. The molecular weight excluding hydrogens is 348 g/mol. The van der Waals surface area contributed by atoms with Gasteiger partial charge in [-0.1, -0.05) is 30.3 Å². The van der Waals surface area contributed by atoms with Crippen molar-refractivity contribution in [1.29, 1.82) is 0 Å². The second-order valence-electron chi connectivity index (χ2n) is 5.83. The Labute approximate surface area is 156 Å². The van der Waals surface area contributed by atoms with Crippen LogP contribution in [0.25, 0.3) is 10.9 Å². The zero-order valence-corrected chi connectivity index (χ0v) is 15.0. The van der Waals surface area contributed by atoms with E-state index in [-0.39, 0.29) is 5.28 Å². The van der Waals surface area contributed by atoms with E-state index in [9.17, 15) is 0 Å². The Morgan fingerprint density at radius 2 is 1.92 bits per heavy atom. The van der Waals surface area contributed by atoms with Crippen LogP contribution in [0, 0.1) is 0 Å². The molecule has 2 aromatic carbocycles. The van der Waals surface area contributed by atoms with Crippen LogP contribution in [0.15, 0.2) is 61.1 Å². The zero-order valence-electron chi connectivity index (χ0n) is 14.2. The van der Waals surface area contributed by atoms with Crippen LogP contribution in [0.4, 0.5) is 11.6 Å². The lowest BCUT2D eigenvalue weighted by Crippen LogP contribution is -2.19. The first kappa shape index (κ1) is 16.5. The number of rotatable bonds is 5. The fourth-order valence-corrected chi connectivity index (χ4v) is 3.08. The molecule has 0 aliphatic carbocycles. The number of hydrogen-bond acceptors (Lipinski definition) is 5. The molecule has 0 saturated carbocycles. The van der Waals surface area contributed by atoms with E-state index in [1.54, 1.807) is 0 Å². The van der Waals surface area contributed by atoms with Crippen LogP contribution in [-0.4, -0.2) is 31.3 Å². The highest BCUT2D eigenvalue weighted by Crippen LogP contribution is 2.26. The van der Waals surface area contributed by atoms with Crippen LogP contribution in [0.3, 0.4) is 0 Å². The third kappa shape index (κ3) is 3.23. The summed E-state index contributed by atoms with van der Waals surface area (Å²) in [5, 5.41) is 5.79. The Bertz CT molecular complexity index is 1030. The van der Waals surface area contributed by atoms with Crippen molar-refractivity contribution in [3.63, 3.8) is 0 Å². The van der Waals surface area contributed by atoms with Crippen molar-refractivity contribution >= 4 is 34.1 Å². The van der Waals surface area contributed by atoms with Gasteiger partial charge in [0.2, 0.25) is 11.2 Å². The molecule has 130 valence electrons. The number of hydrogen-bond donors (Lipinski definition) is 0. The molecule has 0 fully saturated rings. The lowest BCUT2D eigenvalue weighted by molar-refractivity contribution is 0.712. The topological polar surface area (TPSA) is 59.7 Å². The SMILES string of the molecule is CCN(c1ccc2c(cnn2Cc2ccccc2)c1)c1ncnc(Cl)n1. The van der Waals surface area contributed by atoms with E-state index in [2.05, 4.69) is 44.3 Å². The average molecular weight is 365 g/mol. The largest absolute Gasteiger partial charge is 0.311 e. The van der Waals surface area contributed by atoms with E-state index in [4.69, 9.17) is 11.6 Å². The molecule has 0 amide bonds. The summed E-state index contributed by atoms with van der Waals surface area (Å²) in [5.74, 6) is 0.531. The average Bonchev–Trinajstić information content (AvgIpc) is 3.06. The van der Waals surface area contributed by atoms with E-state index < -0.39 is 0 Å². The molecule has 4 aromatic rings. The van der Waals surface area contributed by atoms with Gasteiger partial charge >= 0.3 is 0 Å².